The van der Waals surface area contributed by atoms with Gasteiger partial charge in [0.2, 0.25) is 0 Å². The molecule has 94 valence electrons. The standard InChI is InChI=1S/C14H27NO/c1-2-12-8-5-6-10-14(12,16)13-9-4-3-7-11-15-13/h12-13,15-16H,2-11H2,1H3. The summed E-state index contributed by atoms with van der Waals surface area (Å²) in [6.45, 7) is 3.33. The lowest BCUT2D eigenvalue weighted by Gasteiger charge is -2.45. The minimum atomic E-state index is -0.405. The van der Waals surface area contributed by atoms with Gasteiger partial charge in [-0.1, -0.05) is 39.0 Å². The summed E-state index contributed by atoms with van der Waals surface area (Å²) in [4.78, 5) is 0. The van der Waals surface area contributed by atoms with Gasteiger partial charge in [0.25, 0.3) is 0 Å². The summed E-state index contributed by atoms with van der Waals surface area (Å²) < 4.78 is 0. The molecular weight excluding hydrogens is 198 g/mol. The quantitative estimate of drug-likeness (QED) is 0.757. The second-order valence-electron chi connectivity index (χ2n) is 5.70. The Morgan fingerprint density at radius 1 is 1.12 bits per heavy atom. The maximum absolute atomic E-state index is 11.0. The van der Waals surface area contributed by atoms with E-state index in [1.807, 2.05) is 0 Å². The maximum atomic E-state index is 11.0. The average Bonchev–Trinajstić information content (AvgIpc) is 2.58. The summed E-state index contributed by atoms with van der Waals surface area (Å²) in [6, 6.07) is 0.361. The topological polar surface area (TPSA) is 32.3 Å². The molecule has 0 aromatic heterocycles. The van der Waals surface area contributed by atoms with Crippen molar-refractivity contribution in [3.8, 4) is 0 Å². The van der Waals surface area contributed by atoms with Crippen LogP contribution in [-0.4, -0.2) is 23.3 Å². The fraction of sp³-hybridized carbons (Fsp3) is 1.00. The van der Waals surface area contributed by atoms with Crippen molar-refractivity contribution >= 4 is 0 Å². The van der Waals surface area contributed by atoms with E-state index in [-0.39, 0.29) is 0 Å². The Morgan fingerprint density at radius 2 is 1.94 bits per heavy atom. The van der Waals surface area contributed by atoms with Gasteiger partial charge in [0, 0.05) is 6.04 Å². The van der Waals surface area contributed by atoms with E-state index in [0.717, 1.165) is 19.4 Å². The largest absolute Gasteiger partial charge is 0.388 e. The van der Waals surface area contributed by atoms with Crippen molar-refractivity contribution in [2.45, 2.75) is 76.4 Å². The van der Waals surface area contributed by atoms with Crippen LogP contribution in [0, 0.1) is 5.92 Å². The summed E-state index contributed by atoms with van der Waals surface area (Å²) in [5, 5.41) is 14.6. The second-order valence-corrected chi connectivity index (χ2v) is 5.70. The molecule has 1 aliphatic heterocycles. The average molecular weight is 225 g/mol. The lowest BCUT2D eigenvalue weighted by atomic mass is 9.69. The molecule has 3 unspecified atom stereocenters. The molecule has 2 N–H and O–H groups in total. The lowest BCUT2D eigenvalue weighted by Crippen LogP contribution is -2.56. The van der Waals surface area contributed by atoms with Crippen molar-refractivity contribution in [2.24, 2.45) is 5.92 Å². The first kappa shape index (κ1) is 12.4. The van der Waals surface area contributed by atoms with Crippen molar-refractivity contribution in [1.82, 2.24) is 5.32 Å². The zero-order valence-corrected chi connectivity index (χ0v) is 10.7. The third-order valence-electron chi connectivity index (χ3n) is 4.74. The molecular formula is C14H27NO. The van der Waals surface area contributed by atoms with Gasteiger partial charge in [-0.25, -0.2) is 0 Å². The van der Waals surface area contributed by atoms with E-state index in [4.69, 9.17) is 0 Å². The highest BCUT2D eigenvalue weighted by atomic mass is 16.3. The van der Waals surface area contributed by atoms with E-state index >= 15 is 0 Å². The molecule has 2 fully saturated rings. The lowest BCUT2D eigenvalue weighted by molar-refractivity contribution is -0.0796. The molecule has 16 heavy (non-hydrogen) atoms. The minimum absolute atomic E-state index is 0.361. The van der Waals surface area contributed by atoms with E-state index in [0.29, 0.717) is 12.0 Å². The van der Waals surface area contributed by atoms with Gasteiger partial charge in [-0.3, -0.25) is 0 Å². The van der Waals surface area contributed by atoms with Crippen molar-refractivity contribution < 1.29 is 5.11 Å². The zero-order valence-electron chi connectivity index (χ0n) is 10.7. The van der Waals surface area contributed by atoms with Gasteiger partial charge in [0.15, 0.2) is 0 Å². The van der Waals surface area contributed by atoms with E-state index in [1.54, 1.807) is 0 Å². The van der Waals surface area contributed by atoms with Gasteiger partial charge in [0.1, 0.15) is 0 Å². The Labute approximate surface area is 99.8 Å². The summed E-state index contributed by atoms with van der Waals surface area (Å²) in [7, 11) is 0. The van der Waals surface area contributed by atoms with Crippen LogP contribution >= 0.6 is 0 Å². The fourth-order valence-corrected chi connectivity index (χ4v) is 3.72. The number of hydrogen-bond acceptors (Lipinski definition) is 2. The summed E-state index contributed by atoms with van der Waals surface area (Å²) >= 11 is 0. The molecule has 0 aromatic rings. The van der Waals surface area contributed by atoms with Crippen LogP contribution in [0.1, 0.15) is 64.7 Å². The zero-order chi connectivity index (χ0) is 11.4. The molecule has 0 bridgehead atoms. The predicted octanol–water partition coefficient (Wildman–Crippen LogP) is 2.85. The van der Waals surface area contributed by atoms with Crippen LogP contribution in [0.3, 0.4) is 0 Å². The van der Waals surface area contributed by atoms with E-state index in [9.17, 15) is 5.11 Å². The normalized spacial score (nSPS) is 41.6. The van der Waals surface area contributed by atoms with Gasteiger partial charge in [0.05, 0.1) is 5.60 Å². The van der Waals surface area contributed by atoms with Crippen molar-refractivity contribution in [3.05, 3.63) is 0 Å². The van der Waals surface area contributed by atoms with Gasteiger partial charge < -0.3 is 10.4 Å². The van der Waals surface area contributed by atoms with Crippen LogP contribution in [0.4, 0.5) is 0 Å². The molecule has 0 spiro atoms. The molecule has 2 nitrogen and oxygen atoms in total. The van der Waals surface area contributed by atoms with E-state index < -0.39 is 5.60 Å². The highest BCUT2D eigenvalue weighted by Crippen LogP contribution is 2.40. The molecule has 2 heteroatoms. The summed E-state index contributed by atoms with van der Waals surface area (Å²) in [5.41, 5.74) is -0.405. The van der Waals surface area contributed by atoms with Crippen LogP contribution in [0.5, 0.6) is 0 Å². The van der Waals surface area contributed by atoms with Crippen LogP contribution in [0.15, 0.2) is 0 Å². The summed E-state index contributed by atoms with van der Waals surface area (Å²) in [5.74, 6) is 0.525. The first-order valence-corrected chi connectivity index (χ1v) is 7.23. The van der Waals surface area contributed by atoms with Gasteiger partial charge in [-0.2, -0.15) is 0 Å². The van der Waals surface area contributed by atoms with E-state index in [2.05, 4.69) is 12.2 Å². The molecule has 0 amide bonds. The predicted molar refractivity (Wildman–Crippen MR) is 67.5 cm³/mol. The van der Waals surface area contributed by atoms with Crippen LogP contribution in [-0.2, 0) is 0 Å². The molecule has 1 saturated heterocycles. The molecule has 2 aliphatic rings. The molecule has 1 heterocycles. The number of nitrogens with one attached hydrogen (secondary N) is 1. The van der Waals surface area contributed by atoms with Gasteiger partial charge >= 0.3 is 0 Å². The first-order valence-electron chi connectivity index (χ1n) is 7.23. The third-order valence-corrected chi connectivity index (χ3v) is 4.74. The SMILES string of the molecule is CCC1CCCCC1(O)C1CCCCCN1. The van der Waals surface area contributed by atoms with Gasteiger partial charge in [-0.05, 0) is 38.1 Å². The Kier molecular flexibility index (Phi) is 4.26. The highest BCUT2D eigenvalue weighted by molar-refractivity contribution is 4.99. The molecule has 0 aromatic carbocycles. The van der Waals surface area contributed by atoms with Crippen molar-refractivity contribution in [2.75, 3.05) is 6.54 Å². The molecule has 1 aliphatic carbocycles. The Balaban J connectivity index is 2.07. The molecule has 3 atom stereocenters. The number of rotatable bonds is 2. The minimum Gasteiger partial charge on any atom is -0.388 e. The number of hydrogen-bond donors (Lipinski definition) is 2. The van der Waals surface area contributed by atoms with Gasteiger partial charge in [-0.15, -0.1) is 0 Å². The van der Waals surface area contributed by atoms with Crippen molar-refractivity contribution in [1.29, 1.82) is 0 Å². The van der Waals surface area contributed by atoms with Crippen LogP contribution < -0.4 is 5.32 Å². The molecule has 1 saturated carbocycles. The Bertz CT molecular complexity index is 211. The first-order chi connectivity index (χ1) is 7.77. The molecule has 2 rings (SSSR count). The fourth-order valence-electron chi connectivity index (χ4n) is 3.72. The summed E-state index contributed by atoms with van der Waals surface area (Å²) in [6.07, 6.45) is 11.0. The second kappa shape index (κ2) is 5.50. The van der Waals surface area contributed by atoms with Crippen LogP contribution in [0.2, 0.25) is 0 Å². The Morgan fingerprint density at radius 3 is 2.75 bits per heavy atom. The number of aliphatic hydroxyl groups is 1. The third kappa shape index (κ3) is 2.43. The monoisotopic (exact) mass is 225 g/mol. The van der Waals surface area contributed by atoms with Crippen LogP contribution in [0.25, 0.3) is 0 Å². The smallest absolute Gasteiger partial charge is 0.0827 e. The van der Waals surface area contributed by atoms with Crippen molar-refractivity contribution in [3.63, 3.8) is 0 Å². The maximum Gasteiger partial charge on any atom is 0.0827 e. The molecule has 0 radical (unpaired) electrons. The van der Waals surface area contributed by atoms with E-state index in [1.165, 1.54) is 44.9 Å². The highest BCUT2D eigenvalue weighted by Gasteiger charge is 2.43. The Hall–Kier alpha value is -0.0800.